The van der Waals surface area contributed by atoms with Gasteiger partial charge in [-0.25, -0.2) is 18.1 Å². The monoisotopic (exact) mass is 461 g/mol. The van der Waals surface area contributed by atoms with Gasteiger partial charge in [0.05, 0.1) is 6.10 Å². The minimum Gasteiger partial charge on any atom is -0.492 e. The predicted molar refractivity (Wildman–Crippen MR) is 127 cm³/mol. The lowest BCUT2D eigenvalue weighted by molar-refractivity contribution is 0.104. The van der Waals surface area contributed by atoms with E-state index in [1.807, 2.05) is 24.3 Å². The van der Waals surface area contributed by atoms with Crippen molar-refractivity contribution in [3.63, 3.8) is 0 Å². The Labute approximate surface area is 192 Å². The predicted octanol–water partition coefficient (Wildman–Crippen LogP) is 3.96. The average Bonchev–Trinajstić information content (AvgIpc) is 3.16. The molecule has 1 saturated heterocycles. The lowest BCUT2D eigenvalue weighted by Crippen LogP contribution is -2.28. The molecule has 2 atom stereocenters. The maximum atomic E-state index is 12.6. The molecule has 0 amide bonds. The van der Waals surface area contributed by atoms with Gasteiger partial charge in [0.2, 0.25) is 10.0 Å². The summed E-state index contributed by atoms with van der Waals surface area (Å²) < 4.78 is 39.1. The van der Waals surface area contributed by atoms with Crippen molar-refractivity contribution in [1.82, 2.24) is 9.71 Å². The molecule has 7 nitrogen and oxygen atoms in total. The number of hydrogen-bond donors (Lipinski definition) is 2. The molecule has 0 saturated carbocycles. The number of hydrogen-bond acceptors (Lipinski definition) is 6. The molecule has 0 spiro atoms. The molecular formula is C24H35N3O4S. The molecule has 1 aliphatic rings. The molecule has 32 heavy (non-hydrogen) atoms. The molecule has 3 rings (SSSR count). The zero-order valence-corrected chi connectivity index (χ0v) is 20.2. The van der Waals surface area contributed by atoms with Gasteiger partial charge < -0.3 is 14.8 Å². The second-order valence-corrected chi connectivity index (χ2v) is 11.0. The fourth-order valence-electron chi connectivity index (χ4n) is 3.82. The van der Waals surface area contributed by atoms with Crippen molar-refractivity contribution >= 4 is 15.8 Å². The Hall–Kier alpha value is -2.16. The zero-order chi connectivity index (χ0) is 23.2. The standard InChI is InChI=1S/C24H35N3O4S/c1-18-19(12-15-30-18)11-13-25-23-10-9-20(17-26-23)32(28,29)27-14-16-31-22-8-6-5-7-21(22)24(2,3)4/h5-10,17-19,27H,11-16H2,1-4H3,(H,25,26)/t18-,19-/m0/s1. The van der Waals surface area contributed by atoms with Crippen LogP contribution in [-0.2, 0) is 20.2 Å². The first kappa shape index (κ1) is 24.5. The molecule has 1 aliphatic heterocycles. The number of sulfonamides is 1. The number of anilines is 1. The van der Waals surface area contributed by atoms with E-state index in [0.29, 0.717) is 17.8 Å². The highest BCUT2D eigenvalue weighted by molar-refractivity contribution is 7.89. The summed E-state index contributed by atoms with van der Waals surface area (Å²) >= 11 is 0. The van der Waals surface area contributed by atoms with E-state index in [-0.39, 0.29) is 23.5 Å². The normalized spacial score (nSPS) is 19.1. The van der Waals surface area contributed by atoms with Crippen molar-refractivity contribution in [2.45, 2.75) is 57.0 Å². The van der Waals surface area contributed by atoms with E-state index in [1.165, 1.54) is 6.20 Å². The number of pyridine rings is 1. The van der Waals surface area contributed by atoms with E-state index < -0.39 is 10.0 Å². The summed E-state index contributed by atoms with van der Waals surface area (Å²) in [7, 11) is -3.65. The molecule has 2 heterocycles. The summed E-state index contributed by atoms with van der Waals surface area (Å²) in [6.07, 6.45) is 3.77. The number of nitrogens with zero attached hydrogens (tertiary/aromatic N) is 1. The van der Waals surface area contributed by atoms with Crippen LogP contribution in [0.1, 0.15) is 46.1 Å². The third kappa shape index (κ3) is 6.67. The van der Waals surface area contributed by atoms with Gasteiger partial charge in [0.1, 0.15) is 23.1 Å². The highest BCUT2D eigenvalue weighted by atomic mass is 32.2. The highest BCUT2D eigenvalue weighted by Crippen LogP contribution is 2.30. The first-order valence-electron chi connectivity index (χ1n) is 11.2. The number of nitrogens with one attached hydrogen (secondary N) is 2. The first-order valence-corrected chi connectivity index (χ1v) is 12.7. The smallest absolute Gasteiger partial charge is 0.242 e. The molecular weight excluding hydrogens is 426 g/mol. The molecule has 1 aromatic heterocycles. The van der Waals surface area contributed by atoms with Crippen molar-refractivity contribution in [1.29, 1.82) is 0 Å². The van der Waals surface area contributed by atoms with Crippen molar-refractivity contribution < 1.29 is 17.9 Å². The van der Waals surface area contributed by atoms with Crippen LogP contribution in [-0.4, -0.2) is 45.8 Å². The third-order valence-corrected chi connectivity index (χ3v) is 7.19. The minimum absolute atomic E-state index is 0.0549. The molecule has 176 valence electrons. The van der Waals surface area contributed by atoms with Gasteiger partial charge in [0.15, 0.2) is 0 Å². The summed E-state index contributed by atoms with van der Waals surface area (Å²) in [5.41, 5.74) is 1.03. The Morgan fingerprint density at radius 3 is 2.59 bits per heavy atom. The molecule has 1 fully saturated rings. The van der Waals surface area contributed by atoms with Gasteiger partial charge in [0, 0.05) is 25.9 Å². The van der Waals surface area contributed by atoms with Crippen LogP contribution < -0.4 is 14.8 Å². The fraction of sp³-hybridized carbons (Fsp3) is 0.542. The van der Waals surface area contributed by atoms with Gasteiger partial charge in [-0.3, -0.25) is 0 Å². The average molecular weight is 462 g/mol. The summed E-state index contributed by atoms with van der Waals surface area (Å²) in [6, 6.07) is 11.1. The Balaban J connectivity index is 1.46. The maximum Gasteiger partial charge on any atom is 0.242 e. The van der Waals surface area contributed by atoms with E-state index in [4.69, 9.17) is 9.47 Å². The summed E-state index contributed by atoms with van der Waals surface area (Å²) in [5, 5.41) is 3.26. The number of para-hydroxylation sites is 1. The lowest BCUT2D eigenvalue weighted by atomic mass is 9.86. The van der Waals surface area contributed by atoms with Gasteiger partial charge in [-0.1, -0.05) is 39.0 Å². The molecule has 0 unspecified atom stereocenters. The van der Waals surface area contributed by atoms with Crippen LogP contribution in [0, 0.1) is 5.92 Å². The Morgan fingerprint density at radius 2 is 1.94 bits per heavy atom. The molecule has 2 aromatic rings. The Kier molecular flexibility index (Phi) is 8.14. The van der Waals surface area contributed by atoms with Crippen molar-refractivity contribution in [2.24, 2.45) is 5.92 Å². The maximum absolute atomic E-state index is 12.6. The van der Waals surface area contributed by atoms with Gasteiger partial charge in [-0.05, 0) is 54.9 Å². The Morgan fingerprint density at radius 1 is 1.16 bits per heavy atom. The molecule has 1 aromatic carbocycles. The topological polar surface area (TPSA) is 89.5 Å². The number of benzene rings is 1. The minimum atomic E-state index is -3.65. The largest absolute Gasteiger partial charge is 0.492 e. The molecule has 0 aliphatic carbocycles. The Bertz CT molecular complexity index is 971. The summed E-state index contributed by atoms with van der Waals surface area (Å²) in [5.74, 6) is 2.00. The van der Waals surface area contributed by atoms with Crippen LogP contribution >= 0.6 is 0 Å². The molecule has 0 bridgehead atoms. The first-order chi connectivity index (χ1) is 15.2. The molecule has 2 N–H and O–H groups in total. The van der Waals surface area contributed by atoms with E-state index in [2.05, 4.69) is 42.7 Å². The SMILES string of the molecule is C[C@@H]1OCC[C@@H]1CCNc1ccc(S(=O)(=O)NCCOc2ccccc2C(C)(C)C)cn1. The van der Waals surface area contributed by atoms with E-state index in [9.17, 15) is 8.42 Å². The van der Waals surface area contributed by atoms with Gasteiger partial charge in [-0.2, -0.15) is 0 Å². The van der Waals surface area contributed by atoms with Crippen LogP contribution in [0.5, 0.6) is 5.75 Å². The highest BCUT2D eigenvalue weighted by Gasteiger charge is 2.23. The van der Waals surface area contributed by atoms with Crippen LogP contribution in [0.3, 0.4) is 0 Å². The second kappa shape index (κ2) is 10.6. The molecule has 0 radical (unpaired) electrons. The third-order valence-electron chi connectivity index (χ3n) is 5.75. The lowest BCUT2D eigenvalue weighted by Gasteiger charge is -2.22. The van der Waals surface area contributed by atoms with Crippen LogP contribution in [0.15, 0.2) is 47.5 Å². The quantitative estimate of drug-likeness (QED) is 0.521. The molecule has 8 heteroatoms. The summed E-state index contributed by atoms with van der Waals surface area (Å²) in [4.78, 5) is 4.38. The number of ether oxygens (including phenoxy) is 2. The van der Waals surface area contributed by atoms with E-state index in [0.717, 1.165) is 37.3 Å². The van der Waals surface area contributed by atoms with Crippen LogP contribution in [0.4, 0.5) is 5.82 Å². The van der Waals surface area contributed by atoms with Crippen molar-refractivity contribution in [3.05, 3.63) is 48.2 Å². The second-order valence-electron chi connectivity index (χ2n) is 9.21. The zero-order valence-electron chi connectivity index (χ0n) is 19.4. The van der Waals surface area contributed by atoms with Gasteiger partial charge in [-0.15, -0.1) is 0 Å². The number of rotatable bonds is 10. The van der Waals surface area contributed by atoms with Crippen LogP contribution in [0.25, 0.3) is 0 Å². The van der Waals surface area contributed by atoms with Gasteiger partial charge >= 0.3 is 0 Å². The summed E-state index contributed by atoms with van der Waals surface area (Å²) in [6.45, 7) is 10.5. The van der Waals surface area contributed by atoms with Gasteiger partial charge in [0.25, 0.3) is 0 Å². The van der Waals surface area contributed by atoms with Crippen LogP contribution in [0.2, 0.25) is 0 Å². The van der Waals surface area contributed by atoms with E-state index in [1.54, 1.807) is 12.1 Å². The van der Waals surface area contributed by atoms with E-state index >= 15 is 0 Å². The fourth-order valence-corrected chi connectivity index (χ4v) is 4.77. The number of aromatic nitrogens is 1. The van der Waals surface area contributed by atoms with Crippen molar-refractivity contribution in [2.75, 3.05) is 31.6 Å². The van der Waals surface area contributed by atoms with Crippen molar-refractivity contribution in [3.8, 4) is 5.75 Å².